The van der Waals surface area contributed by atoms with Crippen molar-refractivity contribution in [2.45, 2.75) is 20.8 Å². The molecule has 0 saturated carbocycles. The topological polar surface area (TPSA) is 88.9 Å². The molecule has 0 aliphatic rings. The monoisotopic (exact) mass is 300 g/mol. The number of carboxylic acids is 1. The molecule has 2 aromatic rings. The lowest BCUT2D eigenvalue weighted by atomic mass is 10.2. The van der Waals surface area contributed by atoms with Crippen LogP contribution in [0.1, 0.15) is 16.1 Å². The summed E-state index contributed by atoms with van der Waals surface area (Å²) < 4.78 is 1.61. The number of carboxylic acid groups (broad SMARTS) is 1. The first-order valence-corrected chi connectivity index (χ1v) is 7.58. The van der Waals surface area contributed by atoms with Crippen LogP contribution in [0, 0.1) is 6.92 Å². The smallest absolute Gasteiger partial charge is 0.339 e. The van der Waals surface area contributed by atoms with Crippen molar-refractivity contribution in [1.82, 2.24) is 20.2 Å². The molecular formula is C9H8N4O2S3. The summed E-state index contributed by atoms with van der Waals surface area (Å²) in [5.41, 5.74) is 0.552. The fourth-order valence-electron chi connectivity index (χ4n) is 1.10. The number of aryl methyl sites for hydroxylation is 1. The Hall–Kier alpha value is -1.19. The molecule has 0 spiro atoms. The van der Waals surface area contributed by atoms with Gasteiger partial charge in [-0.2, -0.15) is 0 Å². The molecule has 0 unspecified atom stereocenters. The Bertz CT molecular complexity index is 587. The Morgan fingerprint density at radius 1 is 1.39 bits per heavy atom. The number of rotatable bonds is 4. The van der Waals surface area contributed by atoms with Gasteiger partial charge in [-0.25, -0.2) is 14.8 Å². The number of hydrogen-bond donors (Lipinski definition) is 1. The molecule has 0 bridgehead atoms. The summed E-state index contributed by atoms with van der Waals surface area (Å²) in [5, 5.41) is 17.3. The molecule has 2 heterocycles. The van der Waals surface area contributed by atoms with Gasteiger partial charge in [-0.05, 0) is 24.9 Å². The number of nitrogens with zero attached hydrogens (tertiary/aromatic N) is 4. The van der Waals surface area contributed by atoms with E-state index >= 15 is 0 Å². The second-order valence-corrected chi connectivity index (χ2v) is 6.34. The molecular weight excluding hydrogens is 292 g/mol. The lowest BCUT2D eigenvalue weighted by Gasteiger charge is -2.00. The van der Waals surface area contributed by atoms with Gasteiger partial charge >= 0.3 is 5.97 Å². The fourth-order valence-corrected chi connectivity index (χ4v) is 3.42. The summed E-state index contributed by atoms with van der Waals surface area (Å²) in [6.07, 6.45) is 3.24. The molecule has 18 heavy (non-hydrogen) atoms. The summed E-state index contributed by atoms with van der Waals surface area (Å²) in [5.74, 6) is -1.02. The van der Waals surface area contributed by atoms with Gasteiger partial charge in [0.15, 0.2) is 13.8 Å². The highest BCUT2D eigenvalue weighted by Crippen LogP contribution is 2.30. The predicted molar refractivity (Wildman–Crippen MR) is 69.5 cm³/mol. The highest BCUT2D eigenvalue weighted by molar-refractivity contribution is 8.02. The van der Waals surface area contributed by atoms with Crippen LogP contribution in [0.2, 0.25) is 0 Å². The maximum atomic E-state index is 10.8. The van der Waals surface area contributed by atoms with E-state index in [0.717, 1.165) is 8.68 Å². The van der Waals surface area contributed by atoms with Crippen molar-refractivity contribution in [3.63, 3.8) is 0 Å². The number of aromatic nitrogens is 4. The zero-order chi connectivity index (χ0) is 13.1. The van der Waals surface area contributed by atoms with Crippen LogP contribution in [0.25, 0.3) is 0 Å². The van der Waals surface area contributed by atoms with E-state index in [2.05, 4.69) is 20.2 Å². The third-order valence-electron chi connectivity index (χ3n) is 1.93. The van der Waals surface area contributed by atoms with Gasteiger partial charge in [0, 0.05) is 6.20 Å². The van der Waals surface area contributed by atoms with Crippen molar-refractivity contribution >= 4 is 40.8 Å². The minimum atomic E-state index is -1.02. The molecule has 9 heteroatoms. The first kappa shape index (κ1) is 13.2. The molecule has 0 aliphatic heterocycles. The third-order valence-corrected chi connectivity index (χ3v) is 4.76. The van der Waals surface area contributed by atoms with E-state index < -0.39 is 5.97 Å². The van der Waals surface area contributed by atoms with Crippen molar-refractivity contribution < 1.29 is 9.90 Å². The highest BCUT2D eigenvalue weighted by Gasteiger charge is 2.12. The average molecular weight is 300 g/mol. The van der Waals surface area contributed by atoms with Crippen LogP contribution in [0.15, 0.2) is 20.0 Å². The number of aromatic carboxylic acids is 1. The maximum absolute atomic E-state index is 10.8. The van der Waals surface area contributed by atoms with Gasteiger partial charge in [0.25, 0.3) is 0 Å². The normalized spacial score (nSPS) is 10.6. The van der Waals surface area contributed by atoms with E-state index in [1.54, 1.807) is 6.92 Å². The van der Waals surface area contributed by atoms with E-state index in [4.69, 9.17) is 5.11 Å². The van der Waals surface area contributed by atoms with Crippen molar-refractivity contribution in [1.29, 1.82) is 0 Å². The Kier molecular flexibility index (Phi) is 4.15. The molecule has 0 aromatic carbocycles. The minimum Gasteiger partial charge on any atom is -0.478 e. The zero-order valence-corrected chi connectivity index (χ0v) is 11.9. The van der Waals surface area contributed by atoms with Crippen LogP contribution in [0.3, 0.4) is 0 Å². The average Bonchev–Trinajstić information content (AvgIpc) is 2.76. The van der Waals surface area contributed by atoms with Crippen LogP contribution >= 0.6 is 34.9 Å². The first-order valence-electron chi connectivity index (χ1n) is 4.72. The van der Waals surface area contributed by atoms with E-state index in [1.807, 2.05) is 6.26 Å². The molecule has 2 aromatic heterocycles. The molecule has 0 atom stereocenters. The summed E-state index contributed by atoms with van der Waals surface area (Å²) in [6, 6.07) is 0. The van der Waals surface area contributed by atoms with Crippen molar-refractivity contribution in [3.8, 4) is 0 Å². The van der Waals surface area contributed by atoms with E-state index in [0.29, 0.717) is 10.9 Å². The van der Waals surface area contributed by atoms with E-state index in [9.17, 15) is 4.79 Å². The predicted octanol–water partition coefficient (Wildman–Crippen LogP) is 2.21. The molecule has 0 aliphatic carbocycles. The van der Waals surface area contributed by atoms with Crippen LogP contribution < -0.4 is 0 Å². The number of carbonyl (C=O) groups is 1. The van der Waals surface area contributed by atoms with Gasteiger partial charge in [0.1, 0.15) is 0 Å². The first-order chi connectivity index (χ1) is 8.60. The molecule has 6 nitrogen and oxygen atoms in total. The summed E-state index contributed by atoms with van der Waals surface area (Å²) >= 11 is 4.25. The lowest BCUT2D eigenvalue weighted by Crippen LogP contribution is -2.03. The van der Waals surface area contributed by atoms with Crippen LogP contribution in [0.4, 0.5) is 0 Å². The minimum absolute atomic E-state index is 0.112. The van der Waals surface area contributed by atoms with Crippen LogP contribution in [-0.4, -0.2) is 37.5 Å². The highest BCUT2D eigenvalue weighted by atomic mass is 32.2. The Morgan fingerprint density at radius 2 is 2.11 bits per heavy atom. The Balaban J connectivity index is 2.19. The fraction of sp³-hybridized carbons (Fsp3) is 0.222. The SMILES string of the molecule is CSc1nnc(Sc2ncc(C(=O)O)c(C)n2)s1. The van der Waals surface area contributed by atoms with Crippen LogP contribution in [0.5, 0.6) is 0 Å². The van der Waals surface area contributed by atoms with Crippen molar-refractivity contribution in [2.75, 3.05) is 6.26 Å². The standard InChI is InChI=1S/C9H8N4O2S3/c1-4-5(6(14)15)3-10-7(11-4)17-9-13-12-8(16-2)18-9/h3H,1-2H3,(H,14,15). The number of thioether (sulfide) groups is 1. The van der Waals surface area contributed by atoms with Crippen molar-refractivity contribution in [2.24, 2.45) is 0 Å². The van der Waals surface area contributed by atoms with E-state index in [1.165, 1.54) is 41.1 Å². The molecule has 0 amide bonds. The van der Waals surface area contributed by atoms with Gasteiger partial charge < -0.3 is 5.11 Å². The Labute approximate surface area is 115 Å². The second-order valence-electron chi connectivity index (χ2n) is 3.10. The van der Waals surface area contributed by atoms with Gasteiger partial charge in [-0.1, -0.05) is 23.1 Å². The second kappa shape index (κ2) is 5.63. The molecule has 1 N–H and O–H groups in total. The zero-order valence-electron chi connectivity index (χ0n) is 9.45. The largest absolute Gasteiger partial charge is 0.478 e. The quantitative estimate of drug-likeness (QED) is 0.679. The maximum Gasteiger partial charge on any atom is 0.339 e. The van der Waals surface area contributed by atoms with Gasteiger partial charge in [-0.3, -0.25) is 0 Å². The molecule has 2 rings (SSSR count). The van der Waals surface area contributed by atoms with E-state index in [-0.39, 0.29) is 5.56 Å². The van der Waals surface area contributed by atoms with Gasteiger partial charge in [0.05, 0.1) is 11.3 Å². The molecule has 0 radical (unpaired) electrons. The van der Waals surface area contributed by atoms with Crippen molar-refractivity contribution in [3.05, 3.63) is 17.5 Å². The summed E-state index contributed by atoms with van der Waals surface area (Å²) in [7, 11) is 0. The Morgan fingerprint density at radius 3 is 2.67 bits per heavy atom. The van der Waals surface area contributed by atoms with Crippen LogP contribution in [-0.2, 0) is 0 Å². The lowest BCUT2D eigenvalue weighted by molar-refractivity contribution is 0.0695. The van der Waals surface area contributed by atoms with Gasteiger partial charge in [0.2, 0.25) is 0 Å². The summed E-state index contributed by atoms with van der Waals surface area (Å²) in [6.45, 7) is 1.64. The molecule has 0 fully saturated rings. The third kappa shape index (κ3) is 2.98. The number of hydrogen-bond acceptors (Lipinski definition) is 8. The molecule has 0 saturated heterocycles. The summed E-state index contributed by atoms with van der Waals surface area (Å²) in [4.78, 5) is 18.9. The van der Waals surface area contributed by atoms with Gasteiger partial charge in [-0.15, -0.1) is 10.2 Å². The molecule has 94 valence electrons.